The van der Waals surface area contributed by atoms with Gasteiger partial charge in [-0.25, -0.2) is 14.4 Å². The lowest BCUT2D eigenvalue weighted by molar-refractivity contribution is 0.299. The van der Waals surface area contributed by atoms with E-state index in [4.69, 9.17) is 4.74 Å². The third-order valence-corrected chi connectivity index (χ3v) is 5.61. The summed E-state index contributed by atoms with van der Waals surface area (Å²) in [5.74, 6) is 0.882. The summed E-state index contributed by atoms with van der Waals surface area (Å²) in [6, 6.07) is 12.9. The van der Waals surface area contributed by atoms with Gasteiger partial charge in [0, 0.05) is 42.5 Å². The van der Waals surface area contributed by atoms with E-state index in [0.717, 1.165) is 22.3 Å². The van der Waals surface area contributed by atoms with Crippen LogP contribution >= 0.6 is 0 Å². The number of halogens is 1. The fourth-order valence-electron chi connectivity index (χ4n) is 4.06. The van der Waals surface area contributed by atoms with Gasteiger partial charge in [-0.2, -0.15) is 5.26 Å². The monoisotopic (exact) mass is 429 g/mol. The Balaban J connectivity index is 1.53. The van der Waals surface area contributed by atoms with Crippen LogP contribution in [-0.2, 0) is 19.4 Å². The molecule has 1 aliphatic rings. The Bertz CT molecular complexity index is 1360. The summed E-state index contributed by atoms with van der Waals surface area (Å²) in [4.78, 5) is 9.00. The summed E-state index contributed by atoms with van der Waals surface area (Å²) < 4.78 is 21.8. The van der Waals surface area contributed by atoms with Crippen LogP contribution in [0.4, 0.5) is 10.3 Å². The number of ether oxygens (including phenoxy) is 1. The SMILES string of the molecule is N#Cc1cn2c(NCc3c(F)ccc4c3CCO4)ncc(-c3cccc(CCO)c3)c2n1. The first-order valence-electron chi connectivity index (χ1n) is 10.3. The number of aromatic nitrogens is 3. The van der Waals surface area contributed by atoms with Gasteiger partial charge in [-0.05, 0) is 29.7 Å². The Morgan fingerprint density at radius 2 is 2.19 bits per heavy atom. The van der Waals surface area contributed by atoms with Crippen LogP contribution in [0.15, 0.2) is 48.8 Å². The van der Waals surface area contributed by atoms with Crippen LogP contribution in [0.5, 0.6) is 5.75 Å². The number of aliphatic hydroxyl groups is 1. The van der Waals surface area contributed by atoms with Gasteiger partial charge in [0.2, 0.25) is 5.95 Å². The number of nitrogens with zero attached hydrogens (tertiary/aromatic N) is 4. The summed E-state index contributed by atoms with van der Waals surface area (Å²) in [6.45, 7) is 0.837. The van der Waals surface area contributed by atoms with Gasteiger partial charge in [-0.3, -0.25) is 4.40 Å². The fraction of sp³-hybridized carbons (Fsp3) is 0.208. The lowest BCUT2D eigenvalue weighted by atomic mass is 10.0. The Labute approximate surface area is 183 Å². The molecule has 0 unspecified atom stereocenters. The molecule has 0 saturated heterocycles. The second kappa shape index (κ2) is 8.29. The molecule has 160 valence electrons. The number of rotatable bonds is 6. The highest BCUT2D eigenvalue weighted by molar-refractivity contribution is 5.78. The van der Waals surface area contributed by atoms with E-state index in [1.807, 2.05) is 24.3 Å². The van der Waals surface area contributed by atoms with Crippen molar-refractivity contribution < 1.29 is 14.2 Å². The van der Waals surface area contributed by atoms with Crippen molar-refractivity contribution in [3.05, 3.63) is 77.0 Å². The molecule has 5 rings (SSSR count). The van der Waals surface area contributed by atoms with Crippen LogP contribution in [0.2, 0.25) is 0 Å². The Morgan fingerprint density at radius 1 is 1.28 bits per heavy atom. The van der Waals surface area contributed by atoms with E-state index in [2.05, 4.69) is 21.4 Å². The molecule has 0 atom stereocenters. The van der Waals surface area contributed by atoms with E-state index in [0.29, 0.717) is 42.4 Å². The average molecular weight is 429 g/mol. The molecule has 3 heterocycles. The van der Waals surface area contributed by atoms with Gasteiger partial charge in [0.05, 0.1) is 12.8 Å². The van der Waals surface area contributed by atoms with Crippen molar-refractivity contribution in [3.63, 3.8) is 0 Å². The lowest BCUT2D eigenvalue weighted by Gasteiger charge is -2.13. The third kappa shape index (κ3) is 3.53. The van der Waals surface area contributed by atoms with Crippen LogP contribution in [0.1, 0.15) is 22.4 Å². The van der Waals surface area contributed by atoms with Gasteiger partial charge in [-0.15, -0.1) is 0 Å². The van der Waals surface area contributed by atoms with E-state index in [1.54, 1.807) is 22.9 Å². The molecule has 0 bridgehead atoms. The maximum Gasteiger partial charge on any atom is 0.208 e. The zero-order valence-electron chi connectivity index (χ0n) is 17.2. The van der Waals surface area contributed by atoms with Gasteiger partial charge < -0.3 is 15.2 Å². The molecule has 4 aromatic rings. The fourth-order valence-corrected chi connectivity index (χ4v) is 4.06. The largest absolute Gasteiger partial charge is 0.493 e. The van der Waals surface area contributed by atoms with Crippen molar-refractivity contribution in [2.45, 2.75) is 19.4 Å². The Hall–Kier alpha value is -3.96. The standard InChI is InChI=1S/C24H20FN5O2/c25-21-4-5-22-18(7-9-32-22)20(21)13-28-24-27-12-19(23-29-17(11-26)14-30(23)24)16-3-1-2-15(10-16)6-8-31/h1-5,10,12,14,31H,6-9,13H2,(H,27,28). The molecule has 2 aromatic carbocycles. The highest BCUT2D eigenvalue weighted by atomic mass is 19.1. The van der Waals surface area contributed by atoms with Gasteiger partial charge in [-0.1, -0.05) is 24.3 Å². The predicted molar refractivity (Wildman–Crippen MR) is 117 cm³/mol. The van der Waals surface area contributed by atoms with Crippen LogP contribution in [0.3, 0.4) is 0 Å². The van der Waals surface area contributed by atoms with Gasteiger partial charge in [0.15, 0.2) is 11.3 Å². The number of anilines is 1. The molecule has 0 amide bonds. The van der Waals surface area contributed by atoms with E-state index in [1.165, 1.54) is 6.07 Å². The summed E-state index contributed by atoms with van der Waals surface area (Å²) in [5.41, 5.74) is 4.89. The Morgan fingerprint density at radius 3 is 3.03 bits per heavy atom. The van der Waals surface area contributed by atoms with Crippen molar-refractivity contribution >= 4 is 11.6 Å². The number of imidazole rings is 1. The second-order valence-corrected chi connectivity index (χ2v) is 7.56. The molecular formula is C24H20FN5O2. The summed E-state index contributed by atoms with van der Waals surface area (Å²) >= 11 is 0. The molecule has 7 nitrogen and oxygen atoms in total. The van der Waals surface area contributed by atoms with Gasteiger partial charge >= 0.3 is 0 Å². The minimum Gasteiger partial charge on any atom is -0.493 e. The number of fused-ring (bicyclic) bond motifs is 2. The smallest absolute Gasteiger partial charge is 0.208 e. The molecule has 1 aliphatic heterocycles. The molecule has 2 N–H and O–H groups in total. The molecule has 32 heavy (non-hydrogen) atoms. The molecule has 0 spiro atoms. The number of hydrogen-bond acceptors (Lipinski definition) is 6. The molecular weight excluding hydrogens is 409 g/mol. The molecule has 0 radical (unpaired) electrons. The molecule has 2 aromatic heterocycles. The lowest BCUT2D eigenvalue weighted by Crippen LogP contribution is -2.09. The zero-order chi connectivity index (χ0) is 22.1. The van der Waals surface area contributed by atoms with Crippen molar-refractivity contribution in [2.24, 2.45) is 0 Å². The third-order valence-electron chi connectivity index (χ3n) is 5.61. The molecule has 0 saturated carbocycles. The van der Waals surface area contributed by atoms with E-state index in [-0.39, 0.29) is 24.7 Å². The predicted octanol–water partition coefficient (Wildman–Crippen LogP) is 3.49. The number of benzene rings is 2. The maximum atomic E-state index is 14.5. The molecule has 0 fully saturated rings. The topological polar surface area (TPSA) is 95.5 Å². The van der Waals surface area contributed by atoms with E-state index in [9.17, 15) is 14.8 Å². The van der Waals surface area contributed by atoms with E-state index < -0.39 is 0 Å². The molecule has 8 heteroatoms. The number of hydrogen-bond donors (Lipinski definition) is 2. The van der Waals surface area contributed by atoms with Crippen LogP contribution < -0.4 is 10.1 Å². The minimum atomic E-state index is -0.293. The first-order chi connectivity index (χ1) is 15.7. The summed E-state index contributed by atoms with van der Waals surface area (Å²) in [6.07, 6.45) is 4.52. The van der Waals surface area contributed by atoms with Crippen molar-refractivity contribution in [3.8, 4) is 22.9 Å². The minimum absolute atomic E-state index is 0.0622. The average Bonchev–Trinajstić information content (AvgIpc) is 3.46. The van der Waals surface area contributed by atoms with Crippen molar-refractivity contribution in [1.82, 2.24) is 14.4 Å². The normalized spacial score (nSPS) is 12.4. The van der Waals surface area contributed by atoms with Gasteiger partial charge in [0.1, 0.15) is 17.6 Å². The highest BCUT2D eigenvalue weighted by Crippen LogP contribution is 2.31. The number of nitriles is 1. The quantitative estimate of drug-likeness (QED) is 0.487. The van der Waals surface area contributed by atoms with Gasteiger partial charge in [0.25, 0.3) is 0 Å². The van der Waals surface area contributed by atoms with Crippen molar-refractivity contribution in [2.75, 3.05) is 18.5 Å². The first kappa shape index (κ1) is 20.0. The maximum absolute atomic E-state index is 14.5. The second-order valence-electron chi connectivity index (χ2n) is 7.56. The zero-order valence-corrected chi connectivity index (χ0v) is 17.2. The summed E-state index contributed by atoms with van der Waals surface area (Å²) in [5, 5.41) is 21.8. The molecule has 0 aliphatic carbocycles. The van der Waals surface area contributed by atoms with Crippen LogP contribution in [0.25, 0.3) is 16.8 Å². The van der Waals surface area contributed by atoms with Crippen LogP contribution in [-0.4, -0.2) is 32.7 Å². The van der Waals surface area contributed by atoms with Crippen molar-refractivity contribution in [1.29, 1.82) is 5.26 Å². The number of aliphatic hydroxyl groups excluding tert-OH is 1. The highest BCUT2D eigenvalue weighted by Gasteiger charge is 2.20. The van der Waals surface area contributed by atoms with E-state index >= 15 is 0 Å². The number of nitrogens with one attached hydrogen (secondary N) is 1. The summed E-state index contributed by atoms with van der Waals surface area (Å²) in [7, 11) is 0. The first-order valence-corrected chi connectivity index (χ1v) is 10.3. The Kier molecular flexibility index (Phi) is 5.17. The van der Waals surface area contributed by atoms with Crippen LogP contribution in [0, 0.1) is 17.1 Å².